The van der Waals surface area contributed by atoms with Gasteiger partial charge in [-0.25, -0.2) is 5.43 Å². The fourth-order valence-corrected chi connectivity index (χ4v) is 1.08. The van der Waals surface area contributed by atoms with Gasteiger partial charge in [-0.1, -0.05) is 12.1 Å². The Bertz CT molecular complexity index is 494. The second-order valence-corrected chi connectivity index (χ2v) is 3.37. The number of hydrogen-bond donors (Lipinski definition) is 3. The number of nitrogens with one attached hydrogen (secondary N) is 2. The Morgan fingerprint density at radius 2 is 1.83 bits per heavy atom. The zero-order valence-corrected chi connectivity index (χ0v) is 9.64. The van der Waals surface area contributed by atoms with Crippen LogP contribution in [0.4, 0.5) is 5.69 Å². The Hall–Kier alpha value is -2.70. The zero-order chi connectivity index (χ0) is 13.5. The second-order valence-electron chi connectivity index (χ2n) is 3.37. The predicted molar refractivity (Wildman–Crippen MR) is 65.7 cm³/mol. The molecular weight excluding hydrogens is 236 g/mol. The summed E-state index contributed by atoms with van der Waals surface area (Å²) in [7, 11) is 0. The third-order valence-electron chi connectivity index (χ3n) is 1.83. The van der Waals surface area contributed by atoms with Gasteiger partial charge in [0.25, 0.3) is 0 Å². The van der Waals surface area contributed by atoms with E-state index in [-0.39, 0.29) is 5.91 Å². The van der Waals surface area contributed by atoms with Gasteiger partial charge in [0.2, 0.25) is 5.91 Å². The average molecular weight is 248 g/mol. The minimum atomic E-state index is -1.10. The van der Waals surface area contributed by atoms with Crippen LogP contribution < -0.4 is 16.5 Å². The van der Waals surface area contributed by atoms with Crippen molar-refractivity contribution in [3.8, 4) is 0 Å². The predicted octanol–water partition coefficient (Wildman–Crippen LogP) is -0.420. The summed E-state index contributed by atoms with van der Waals surface area (Å²) in [6, 6.07) is 6.73. The number of rotatable bonds is 3. The monoisotopic (exact) mass is 248 g/mol. The molecule has 0 aromatic heterocycles. The van der Waals surface area contributed by atoms with Crippen molar-refractivity contribution in [3.63, 3.8) is 0 Å². The number of benzene rings is 1. The molecule has 3 amide bonds. The number of nitrogens with two attached hydrogens (primary N) is 1. The maximum Gasteiger partial charge on any atom is 0.329 e. The normalized spacial score (nSPS) is 10.1. The molecule has 0 bridgehead atoms. The molecule has 4 N–H and O–H groups in total. The first kappa shape index (κ1) is 13.4. The summed E-state index contributed by atoms with van der Waals surface area (Å²) < 4.78 is 0. The lowest BCUT2D eigenvalue weighted by molar-refractivity contribution is -0.137. The fourth-order valence-electron chi connectivity index (χ4n) is 1.08. The van der Waals surface area contributed by atoms with Crippen LogP contribution in [0.25, 0.3) is 0 Å². The summed E-state index contributed by atoms with van der Waals surface area (Å²) in [4.78, 5) is 31.9. The summed E-state index contributed by atoms with van der Waals surface area (Å²) in [6.07, 6.45) is 1.35. The molecule has 0 aliphatic heterocycles. The highest BCUT2D eigenvalue weighted by molar-refractivity contribution is 6.34. The van der Waals surface area contributed by atoms with Crippen molar-refractivity contribution in [2.75, 3.05) is 5.32 Å². The minimum Gasteiger partial charge on any atom is -0.361 e. The molecule has 1 aromatic rings. The average Bonchev–Trinajstić information content (AvgIpc) is 2.30. The van der Waals surface area contributed by atoms with Gasteiger partial charge in [0.15, 0.2) is 0 Å². The molecule has 0 saturated carbocycles. The first-order valence-corrected chi connectivity index (χ1v) is 4.99. The smallest absolute Gasteiger partial charge is 0.329 e. The number of nitrogens with zero attached hydrogens (tertiary/aromatic N) is 1. The van der Waals surface area contributed by atoms with Gasteiger partial charge in [-0.15, -0.1) is 0 Å². The van der Waals surface area contributed by atoms with E-state index in [1.807, 2.05) is 5.43 Å². The topological polar surface area (TPSA) is 114 Å². The van der Waals surface area contributed by atoms with Crippen molar-refractivity contribution < 1.29 is 14.4 Å². The molecule has 0 atom stereocenters. The maximum absolute atomic E-state index is 10.8. The molecular formula is C11H12N4O3. The Balaban J connectivity index is 2.58. The van der Waals surface area contributed by atoms with Gasteiger partial charge in [0, 0.05) is 12.6 Å². The molecule has 0 spiro atoms. The number of hydrazone groups is 1. The van der Waals surface area contributed by atoms with Crippen LogP contribution >= 0.6 is 0 Å². The van der Waals surface area contributed by atoms with E-state index in [1.54, 1.807) is 24.3 Å². The van der Waals surface area contributed by atoms with E-state index in [4.69, 9.17) is 5.73 Å². The molecule has 0 aliphatic rings. The third-order valence-corrected chi connectivity index (χ3v) is 1.83. The van der Waals surface area contributed by atoms with E-state index in [9.17, 15) is 14.4 Å². The van der Waals surface area contributed by atoms with E-state index >= 15 is 0 Å². The van der Waals surface area contributed by atoms with Gasteiger partial charge in [-0.05, 0) is 17.7 Å². The summed E-state index contributed by atoms with van der Waals surface area (Å²) in [5.74, 6) is -2.25. The number of amides is 3. The number of carbonyl (C=O) groups excluding carboxylic acids is 3. The number of primary amides is 1. The highest BCUT2D eigenvalue weighted by atomic mass is 16.2. The van der Waals surface area contributed by atoms with Crippen LogP contribution in [0, 0.1) is 0 Å². The van der Waals surface area contributed by atoms with Crippen LogP contribution in [-0.4, -0.2) is 23.9 Å². The van der Waals surface area contributed by atoms with Crippen LogP contribution in [0.2, 0.25) is 0 Å². The molecule has 0 fully saturated rings. The highest BCUT2D eigenvalue weighted by Crippen LogP contribution is 2.07. The van der Waals surface area contributed by atoms with Crippen LogP contribution in [0.1, 0.15) is 12.5 Å². The largest absolute Gasteiger partial charge is 0.361 e. The van der Waals surface area contributed by atoms with E-state index in [1.165, 1.54) is 13.1 Å². The van der Waals surface area contributed by atoms with E-state index < -0.39 is 11.8 Å². The van der Waals surface area contributed by atoms with Crippen molar-refractivity contribution in [1.29, 1.82) is 0 Å². The SMILES string of the molecule is CC(=O)Nc1ccc(/C=N\NC(=O)C(N)=O)cc1. The quantitative estimate of drug-likeness (QED) is 0.383. The first-order valence-electron chi connectivity index (χ1n) is 4.99. The maximum atomic E-state index is 10.8. The summed E-state index contributed by atoms with van der Waals surface area (Å²) in [5, 5.41) is 6.15. The lowest BCUT2D eigenvalue weighted by Crippen LogP contribution is -2.32. The molecule has 0 saturated heterocycles. The van der Waals surface area contributed by atoms with E-state index in [0.29, 0.717) is 11.3 Å². The third kappa shape index (κ3) is 4.44. The Kier molecular flexibility index (Phi) is 4.56. The van der Waals surface area contributed by atoms with Crippen LogP contribution in [0.15, 0.2) is 29.4 Å². The van der Waals surface area contributed by atoms with Gasteiger partial charge in [-0.2, -0.15) is 5.10 Å². The molecule has 0 unspecified atom stereocenters. The van der Waals surface area contributed by atoms with Crippen LogP contribution in [0.3, 0.4) is 0 Å². The van der Waals surface area contributed by atoms with E-state index in [0.717, 1.165) is 0 Å². The van der Waals surface area contributed by atoms with Crippen LogP contribution in [-0.2, 0) is 14.4 Å². The highest BCUT2D eigenvalue weighted by Gasteiger charge is 2.05. The van der Waals surface area contributed by atoms with Crippen molar-refractivity contribution in [2.45, 2.75) is 6.92 Å². The molecule has 0 heterocycles. The molecule has 0 aliphatic carbocycles. The summed E-state index contributed by atoms with van der Waals surface area (Å²) in [6.45, 7) is 1.41. The Morgan fingerprint density at radius 1 is 1.22 bits per heavy atom. The Morgan fingerprint density at radius 3 is 2.33 bits per heavy atom. The summed E-state index contributed by atoms with van der Waals surface area (Å²) in [5.41, 5.74) is 8.02. The second kappa shape index (κ2) is 6.14. The molecule has 94 valence electrons. The molecule has 0 radical (unpaired) electrons. The zero-order valence-electron chi connectivity index (χ0n) is 9.64. The molecule has 1 rings (SSSR count). The lowest BCUT2D eigenvalue weighted by Gasteiger charge is -2.01. The van der Waals surface area contributed by atoms with Crippen LogP contribution in [0.5, 0.6) is 0 Å². The van der Waals surface area contributed by atoms with Gasteiger partial charge in [0.05, 0.1) is 6.21 Å². The van der Waals surface area contributed by atoms with Crippen molar-refractivity contribution in [1.82, 2.24) is 5.43 Å². The lowest BCUT2D eigenvalue weighted by atomic mass is 10.2. The number of anilines is 1. The molecule has 7 nitrogen and oxygen atoms in total. The van der Waals surface area contributed by atoms with E-state index in [2.05, 4.69) is 10.4 Å². The standard InChI is InChI=1S/C11H12N4O3/c1-7(16)14-9-4-2-8(3-5-9)6-13-15-11(18)10(12)17/h2-6H,1H3,(H2,12,17)(H,14,16)(H,15,18)/b13-6-. The fraction of sp³-hybridized carbons (Fsp3) is 0.0909. The first-order chi connectivity index (χ1) is 8.49. The number of carbonyl (C=O) groups is 3. The van der Waals surface area contributed by atoms with Crippen molar-refractivity contribution in [2.24, 2.45) is 10.8 Å². The summed E-state index contributed by atoms with van der Waals surface area (Å²) >= 11 is 0. The van der Waals surface area contributed by atoms with Gasteiger partial charge < -0.3 is 11.1 Å². The minimum absolute atomic E-state index is 0.162. The van der Waals surface area contributed by atoms with Gasteiger partial charge in [-0.3, -0.25) is 14.4 Å². The Labute approximate surface area is 103 Å². The van der Waals surface area contributed by atoms with Gasteiger partial charge in [0.1, 0.15) is 0 Å². The molecule has 1 aromatic carbocycles. The van der Waals surface area contributed by atoms with Crippen molar-refractivity contribution in [3.05, 3.63) is 29.8 Å². The molecule has 7 heteroatoms. The molecule has 18 heavy (non-hydrogen) atoms. The van der Waals surface area contributed by atoms with Crippen molar-refractivity contribution >= 4 is 29.6 Å². The number of hydrogen-bond acceptors (Lipinski definition) is 4. The van der Waals surface area contributed by atoms with Gasteiger partial charge >= 0.3 is 11.8 Å².